The van der Waals surface area contributed by atoms with Gasteiger partial charge in [-0.25, -0.2) is 4.90 Å². The number of nitrogens with zero attached hydrogens (tertiary/aromatic N) is 1. The van der Waals surface area contributed by atoms with Gasteiger partial charge in [-0.1, -0.05) is 24.3 Å². The molecule has 1 fully saturated rings. The van der Waals surface area contributed by atoms with E-state index in [0.717, 1.165) is 5.56 Å². The molecule has 1 unspecified atom stereocenters. The largest absolute Gasteiger partial charge is 0.506 e. The average Bonchev–Trinajstić information content (AvgIpc) is 2.76. The molecule has 0 saturated carbocycles. The van der Waals surface area contributed by atoms with Gasteiger partial charge in [0.05, 0.1) is 17.8 Å². The summed E-state index contributed by atoms with van der Waals surface area (Å²) in [6, 6.07) is 13.2. The van der Waals surface area contributed by atoms with Crippen LogP contribution in [0.4, 0.5) is 11.4 Å². The molecule has 2 aromatic carbocycles. The van der Waals surface area contributed by atoms with Crippen molar-refractivity contribution < 1.29 is 14.7 Å². The molecule has 0 bridgehead atoms. The number of hydrogen-bond donors (Lipinski definition) is 2. The van der Waals surface area contributed by atoms with Crippen LogP contribution in [0.2, 0.25) is 0 Å². The Morgan fingerprint density at radius 3 is 2.64 bits per heavy atom. The molecule has 0 spiro atoms. The standard InChI is InChI=1S/C17H16N2O3/c1-11-5-4-6-12(9-11)19-16(21)10-14(17(19)22)18-13-7-2-3-8-15(13)20/h2-9,14,18,20H,10H2,1H3. The molecule has 22 heavy (non-hydrogen) atoms. The van der Waals surface area contributed by atoms with Crippen molar-refractivity contribution in [1.82, 2.24) is 0 Å². The van der Waals surface area contributed by atoms with Crippen molar-refractivity contribution in [2.24, 2.45) is 0 Å². The van der Waals surface area contributed by atoms with Gasteiger partial charge >= 0.3 is 0 Å². The summed E-state index contributed by atoms with van der Waals surface area (Å²) in [4.78, 5) is 25.9. The van der Waals surface area contributed by atoms with E-state index in [9.17, 15) is 14.7 Å². The molecule has 0 aliphatic carbocycles. The number of amides is 2. The number of hydrogen-bond acceptors (Lipinski definition) is 4. The van der Waals surface area contributed by atoms with E-state index in [0.29, 0.717) is 11.4 Å². The minimum absolute atomic E-state index is 0.0526. The first-order valence-corrected chi connectivity index (χ1v) is 7.04. The SMILES string of the molecule is Cc1cccc(N2C(=O)CC(Nc3ccccc3O)C2=O)c1. The van der Waals surface area contributed by atoms with Crippen molar-refractivity contribution in [3.05, 3.63) is 54.1 Å². The van der Waals surface area contributed by atoms with Gasteiger partial charge in [-0.15, -0.1) is 0 Å². The smallest absolute Gasteiger partial charge is 0.256 e. The predicted octanol–water partition coefficient (Wildman–Crippen LogP) is 2.44. The molecular formula is C17H16N2O3. The minimum Gasteiger partial charge on any atom is -0.506 e. The van der Waals surface area contributed by atoms with Crippen LogP contribution in [0.25, 0.3) is 0 Å². The van der Waals surface area contributed by atoms with Crippen LogP contribution < -0.4 is 10.2 Å². The highest BCUT2D eigenvalue weighted by atomic mass is 16.3. The maximum atomic E-state index is 12.5. The van der Waals surface area contributed by atoms with Gasteiger partial charge in [0.15, 0.2) is 0 Å². The Morgan fingerprint density at radius 2 is 1.91 bits per heavy atom. The Balaban J connectivity index is 1.84. The molecule has 112 valence electrons. The molecular weight excluding hydrogens is 280 g/mol. The number of para-hydroxylation sites is 2. The first kappa shape index (κ1) is 14.1. The van der Waals surface area contributed by atoms with Crippen molar-refractivity contribution in [2.45, 2.75) is 19.4 Å². The number of carbonyl (C=O) groups is 2. The van der Waals surface area contributed by atoms with Crippen LogP contribution in [-0.4, -0.2) is 23.0 Å². The number of anilines is 2. The maximum Gasteiger partial charge on any atom is 0.256 e. The molecule has 1 heterocycles. The van der Waals surface area contributed by atoms with E-state index in [-0.39, 0.29) is 24.0 Å². The summed E-state index contributed by atoms with van der Waals surface area (Å²) in [6.45, 7) is 1.91. The van der Waals surface area contributed by atoms with Crippen molar-refractivity contribution in [1.29, 1.82) is 0 Å². The number of carbonyl (C=O) groups excluding carboxylic acids is 2. The van der Waals surface area contributed by atoms with Crippen LogP contribution in [0.15, 0.2) is 48.5 Å². The second-order valence-electron chi connectivity index (χ2n) is 5.32. The van der Waals surface area contributed by atoms with Crippen molar-refractivity contribution in [2.75, 3.05) is 10.2 Å². The Hall–Kier alpha value is -2.82. The van der Waals surface area contributed by atoms with Crippen LogP contribution in [0.5, 0.6) is 5.75 Å². The molecule has 5 heteroatoms. The first-order chi connectivity index (χ1) is 10.6. The molecule has 0 aromatic heterocycles. The number of phenols is 1. The van der Waals surface area contributed by atoms with Gasteiger partial charge in [0.1, 0.15) is 11.8 Å². The molecule has 1 saturated heterocycles. The number of aromatic hydroxyl groups is 1. The molecule has 1 aliphatic rings. The third kappa shape index (κ3) is 2.53. The lowest BCUT2D eigenvalue weighted by Gasteiger charge is -2.17. The van der Waals surface area contributed by atoms with Crippen molar-refractivity contribution >= 4 is 23.2 Å². The van der Waals surface area contributed by atoms with Gasteiger partial charge in [-0.3, -0.25) is 9.59 Å². The van der Waals surface area contributed by atoms with E-state index in [2.05, 4.69) is 5.32 Å². The minimum atomic E-state index is -0.665. The summed E-state index contributed by atoms with van der Waals surface area (Å²) >= 11 is 0. The van der Waals surface area contributed by atoms with Gasteiger partial charge in [0.2, 0.25) is 5.91 Å². The normalized spacial score (nSPS) is 17.9. The van der Waals surface area contributed by atoms with E-state index in [1.165, 1.54) is 11.0 Å². The lowest BCUT2D eigenvalue weighted by atomic mass is 10.2. The third-order valence-electron chi connectivity index (χ3n) is 3.64. The Bertz CT molecular complexity index is 742. The third-order valence-corrected chi connectivity index (χ3v) is 3.64. The maximum absolute atomic E-state index is 12.5. The summed E-state index contributed by atoms with van der Waals surface area (Å²) in [5.74, 6) is -0.501. The van der Waals surface area contributed by atoms with E-state index in [4.69, 9.17) is 0 Å². The quantitative estimate of drug-likeness (QED) is 0.674. The Morgan fingerprint density at radius 1 is 1.14 bits per heavy atom. The highest BCUT2D eigenvalue weighted by molar-refractivity contribution is 6.23. The number of nitrogens with one attached hydrogen (secondary N) is 1. The van der Waals surface area contributed by atoms with E-state index in [1.54, 1.807) is 30.3 Å². The summed E-state index contributed by atoms with van der Waals surface area (Å²) < 4.78 is 0. The number of benzene rings is 2. The fraction of sp³-hybridized carbons (Fsp3) is 0.176. The van der Waals surface area contributed by atoms with Crippen LogP contribution in [0, 0.1) is 6.92 Å². The zero-order valence-electron chi connectivity index (χ0n) is 12.1. The van der Waals surface area contributed by atoms with Crippen LogP contribution >= 0.6 is 0 Å². The highest BCUT2D eigenvalue weighted by Crippen LogP contribution is 2.28. The molecule has 1 aliphatic heterocycles. The Kier molecular flexibility index (Phi) is 3.55. The summed E-state index contributed by atoms with van der Waals surface area (Å²) in [5, 5.41) is 12.7. The molecule has 2 aromatic rings. The predicted molar refractivity (Wildman–Crippen MR) is 83.8 cm³/mol. The Labute approximate surface area is 128 Å². The van der Waals surface area contributed by atoms with Crippen LogP contribution in [0.1, 0.15) is 12.0 Å². The molecule has 5 nitrogen and oxygen atoms in total. The number of imide groups is 1. The van der Waals surface area contributed by atoms with Gasteiger partial charge < -0.3 is 10.4 Å². The topological polar surface area (TPSA) is 69.6 Å². The first-order valence-electron chi connectivity index (χ1n) is 7.04. The molecule has 2 N–H and O–H groups in total. The lowest BCUT2D eigenvalue weighted by molar-refractivity contribution is -0.121. The molecule has 3 rings (SSSR count). The van der Waals surface area contributed by atoms with Crippen molar-refractivity contribution in [3.8, 4) is 5.75 Å². The van der Waals surface area contributed by atoms with Crippen LogP contribution in [0.3, 0.4) is 0 Å². The second-order valence-corrected chi connectivity index (χ2v) is 5.32. The summed E-state index contributed by atoms with van der Waals surface area (Å²) in [6.07, 6.45) is 0.0705. The summed E-state index contributed by atoms with van der Waals surface area (Å²) in [5.41, 5.74) is 2.01. The lowest BCUT2D eigenvalue weighted by Crippen LogP contribution is -2.34. The van der Waals surface area contributed by atoms with E-state index >= 15 is 0 Å². The summed E-state index contributed by atoms with van der Waals surface area (Å²) in [7, 11) is 0. The van der Waals surface area contributed by atoms with Gasteiger partial charge in [-0.05, 0) is 36.8 Å². The molecule has 0 radical (unpaired) electrons. The van der Waals surface area contributed by atoms with Gasteiger partial charge in [-0.2, -0.15) is 0 Å². The van der Waals surface area contributed by atoms with Gasteiger partial charge in [0.25, 0.3) is 5.91 Å². The number of aryl methyl sites for hydroxylation is 1. The average molecular weight is 296 g/mol. The zero-order valence-corrected chi connectivity index (χ0v) is 12.1. The van der Waals surface area contributed by atoms with Crippen LogP contribution in [-0.2, 0) is 9.59 Å². The van der Waals surface area contributed by atoms with Gasteiger partial charge in [0, 0.05) is 0 Å². The zero-order chi connectivity index (χ0) is 15.7. The number of phenolic OH excluding ortho intramolecular Hbond substituents is 1. The highest BCUT2D eigenvalue weighted by Gasteiger charge is 2.39. The number of rotatable bonds is 3. The van der Waals surface area contributed by atoms with E-state index in [1.807, 2.05) is 19.1 Å². The second kappa shape index (κ2) is 5.52. The monoisotopic (exact) mass is 296 g/mol. The van der Waals surface area contributed by atoms with E-state index < -0.39 is 6.04 Å². The molecule has 1 atom stereocenters. The fourth-order valence-electron chi connectivity index (χ4n) is 2.57. The van der Waals surface area contributed by atoms with Crippen molar-refractivity contribution in [3.63, 3.8) is 0 Å². The fourth-order valence-corrected chi connectivity index (χ4v) is 2.57. The molecule has 2 amide bonds.